The van der Waals surface area contributed by atoms with Crippen LogP contribution >= 0.6 is 0 Å². The summed E-state index contributed by atoms with van der Waals surface area (Å²) in [4.78, 5) is 11.7. The number of nitrogens with one attached hydrogen (secondary N) is 1. The maximum Gasteiger partial charge on any atom is 0.229 e. The lowest BCUT2D eigenvalue weighted by Gasteiger charge is -2.04. The maximum atomic E-state index is 11.7. The van der Waals surface area contributed by atoms with E-state index in [4.69, 9.17) is 5.73 Å². The molecule has 0 saturated heterocycles. The molecular formula is C13H14N4O. The molecule has 0 aliphatic heterocycles. The number of rotatable bonds is 4. The first kappa shape index (κ1) is 12.2. The quantitative estimate of drug-likeness (QED) is 0.841. The van der Waals surface area contributed by atoms with Crippen LogP contribution in [0.2, 0.25) is 0 Å². The molecule has 5 nitrogen and oxygen atoms in total. The Morgan fingerprint density at radius 3 is 2.50 bits per heavy atom. The van der Waals surface area contributed by atoms with Gasteiger partial charge in [0.25, 0.3) is 0 Å². The Hall–Kier alpha value is -2.27. The van der Waals surface area contributed by atoms with Gasteiger partial charge in [0.1, 0.15) is 0 Å². The number of aromatic nitrogens is 2. The van der Waals surface area contributed by atoms with Crippen molar-refractivity contribution >= 4 is 11.7 Å². The Morgan fingerprint density at radius 2 is 1.89 bits per heavy atom. The van der Waals surface area contributed by atoms with Crippen LogP contribution in [0.4, 0.5) is 5.82 Å². The highest BCUT2D eigenvalue weighted by molar-refractivity contribution is 5.91. The Kier molecular flexibility index (Phi) is 3.98. The summed E-state index contributed by atoms with van der Waals surface area (Å²) in [7, 11) is 0. The maximum absolute atomic E-state index is 11.7. The lowest BCUT2D eigenvalue weighted by atomic mass is 10.1. The zero-order chi connectivity index (χ0) is 12.8. The monoisotopic (exact) mass is 242 g/mol. The van der Waals surface area contributed by atoms with Crippen LogP contribution in [-0.4, -0.2) is 16.1 Å². The minimum atomic E-state index is -0.115. The van der Waals surface area contributed by atoms with Crippen LogP contribution < -0.4 is 11.1 Å². The minimum absolute atomic E-state index is 0.115. The van der Waals surface area contributed by atoms with Crippen LogP contribution in [-0.2, 0) is 17.8 Å². The molecule has 0 fully saturated rings. The van der Waals surface area contributed by atoms with E-state index in [1.807, 2.05) is 24.3 Å². The summed E-state index contributed by atoms with van der Waals surface area (Å²) in [5.74, 6) is 0.345. The normalized spacial score (nSPS) is 10.1. The molecule has 1 aromatic heterocycles. The summed E-state index contributed by atoms with van der Waals surface area (Å²) in [6.07, 6.45) is 1.86. The fourth-order valence-corrected chi connectivity index (χ4v) is 1.53. The number of nitrogens with zero attached hydrogens (tertiary/aromatic N) is 2. The molecule has 0 bridgehead atoms. The Balaban J connectivity index is 1.94. The molecule has 1 aromatic carbocycles. The van der Waals surface area contributed by atoms with E-state index < -0.39 is 0 Å². The Labute approximate surface area is 105 Å². The standard InChI is InChI=1S/C13H14N4O/c14-9-11-5-3-10(4-6-11)8-13(18)16-12-2-1-7-15-17-12/h1-7H,8-9,14H2,(H,16,17,18). The second-order valence-corrected chi connectivity index (χ2v) is 3.85. The molecule has 1 heterocycles. The first-order valence-corrected chi connectivity index (χ1v) is 5.63. The third-order valence-electron chi connectivity index (χ3n) is 2.46. The van der Waals surface area contributed by atoms with Crippen molar-refractivity contribution < 1.29 is 4.79 Å². The van der Waals surface area contributed by atoms with E-state index in [1.165, 1.54) is 0 Å². The summed E-state index contributed by atoms with van der Waals surface area (Å²) >= 11 is 0. The molecule has 0 spiro atoms. The van der Waals surface area contributed by atoms with Gasteiger partial charge in [-0.2, -0.15) is 5.10 Å². The third-order valence-corrected chi connectivity index (χ3v) is 2.46. The largest absolute Gasteiger partial charge is 0.326 e. The second-order valence-electron chi connectivity index (χ2n) is 3.85. The molecule has 1 amide bonds. The predicted octanol–water partition coefficient (Wildman–Crippen LogP) is 1.12. The molecule has 0 unspecified atom stereocenters. The first-order chi connectivity index (χ1) is 8.78. The Bertz CT molecular complexity index is 510. The van der Waals surface area contributed by atoms with Crippen molar-refractivity contribution in [3.05, 3.63) is 53.7 Å². The van der Waals surface area contributed by atoms with Gasteiger partial charge in [-0.05, 0) is 23.3 Å². The van der Waals surface area contributed by atoms with Crippen LogP contribution in [0.15, 0.2) is 42.6 Å². The molecule has 5 heteroatoms. The van der Waals surface area contributed by atoms with Gasteiger partial charge in [-0.1, -0.05) is 24.3 Å². The second kappa shape index (κ2) is 5.88. The van der Waals surface area contributed by atoms with Crippen molar-refractivity contribution in [2.45, 2.75) is 13.0 Å². The number of benzene rings is 1. The van der Waals surface area contributed by atoms with Crippen molar-refractivity contribution in [3.8, 4) is 0 Å². The van der Waals surface area contributed by atoms with Gasteiger partial charge < -0.3 is 11.1 Å². The highest BCUT2D eigenvalue weighted by Crippen LogP contribution is 2.06. The highest BCUT2D eigenvalue weighted by Gasteiger charge is 2.04. The van der Waals surface area contributed by atoms with E-state index in [-0.39, 0.29) is 5.91 Å². The van der Waals surface area contributed by atoms with E-state index >= 15 is 0 Å². The zero-order valence-corrected chi connectivity index (χ0v) is 9.84. The molecule has 0 aliphatic carbocycles. The van der Waals surface area contributed by atoms with Gasteiger partial charge in [-0.3, -0.25) is 4.79 Å². The number of carbonyl (C=O) groups excluding carboxylic acids is 1. The number of hydrogen-bond donors (Lipinski definition) is 2. The fraction of sp³-hybridized carbons (Fsp3) is 0.154. The minimum Gasteiger partial charge on any atom is -0.326 e. The molecule has 0 radical (unpaired) electrons. The number of nitrogens with two attached hydrogens (primary N) is 1. The SMILES string of the molecule is NCc1ccc(CC(=O)Nc2cccnn2)cc1. The third kappa shape index (κ3) is 3.36. The van der Waals surface area contributed by atoms with E-state index in [1.54, 1.807) is 18.3 Å². The average molecular weight is 242 g/mol. The van der Waals surface area contributed by atoms with Gasteiger partial charge in [0, 0.05) is 12.7 Å². The molecule has 0 aliphatic rings. The number of hydrogen-bond acceptors (Lipinski definition) is 4. The predicted molar refractivity (Wildman–Crippen MR) is 68.7 cm³/mol. The number of anilines is 1. The zero-order valence-electron chi connectivity index (χ0n) is 9.84. The Morgan fingerprint density at radius 1 is 1.17 bits per heavy atom. The molecular weight excluding hydrogens is 228 g/mol. The van der Waals surface area contributed by atoms with Crippen LogP contribution in [0, 0.1) is 0 Å². The van der Waals surface area contributed by atoms with E-state index in [0.29, 0.717) is 18.8 Å². The van der Waals surface area contributed by atoms with Gasteiger partial charge in [-0.25, -0.2) is 0 Å². The van der Waals surface area contributed by atoms with Crippen molar-refractivity contribution in [1.82, 2.24) is 10.2 Å². The molecule has 3 N–H and O–H groups in total. The number of amides is 1. The van der Waals surface area contributed by atoms with E-state index in [2.05, 4.69) is 15.5 Å². The fourth-order valence-electron chi connectivity index (χ4n) is 1.53. The molecule has 18 heavy (non-hydrogen) atoms. The average Bonchev–Trinajstić information content (AvgIpc) is 2.40. The van der Waals surface area contributed by atoms with Crippen LogP contribution in [0.25, 0.3) is 0 Å². The molecule has 92 valence electrons. The lowest BCUT2D eigenvalue weighted by molar-refractivity contribution is -0.115. The van der Waals surface area contributed by atoms with Gasteiger partial charge in [0.2, 0.25) is 5.91 Å². The summed E-state index contributed by atoms with van der Waals surface area (Å²) in [6.45, 7) is 0.506. The van der Waals surface area contributed by atoms with Crippen molar-refractivity contribution in [2.75, 3.05) is 5.32 Å². The number of carbonyl (C=O) groups is 1. The summed E-state index contributed by atoms with van der Waals surface area (Å²) < 4.78 is 0. The highest BCUT2D eigenvalue weighted by atomic mass is 16.1. The summed E-state index contributed by atoms with van der Waals surface area (Å²) in [6, 6.07) is 11.1. The molecule has 2 rings (SSSR count). The van der Waals surface area contributed by atoms with Gasteiger partial charge in [0.05, 0.1) is 6.42 Å². The van der Waals surface area contributed by atoms with E-state index in [0.717, 1.165) is 11.1 Å². The van der Waals surface area contributed by atoms with Gasteiger partial charge in [-0.15, -0.1) is 5.10 Å². The summed E-state index contributed by atoms with van der Waals surface area (Å²) in [5, 5.41) is 10.2. The molecule has 0 saturated carbocycles. The topological polar surface area (TPSA) is 80.9 Å². The van der Waals surface area contributed by atoms with Crippen molar-refractivity contribution in [2.24, 2.45) is 5.73 Å². The summed E-state index contributed by atoms with van der Waals surface area (Å²) in [5.41, 5.74) is 7.50. The van der Waals surface area contributed by atoms with Gasteiger partial charge in [0.15, 0.2) is 5.82 Å². The molecule has 2 aromatic rings. The van der Waals surface area contributed by atoms with Crippen LogP contribution in [0.3, 0.4) is 0 Å². The van der Waals surface area contributed by atoms with E-state index in [9.17, 15) is 4.79 Å². The smallest absolute Gasteiger partial charge is 0.229 e. The van der Waals surface area contributed by atoms with Gasteiger partial charge >= 0.3 is 0 Å². The lowest BCUT2D eigenvalue weighted by Crippen LogP contribution is -2.15. The first-order valence-electron chi connectivity index (χ1n) is 5.63. The van der Waals surface area contributed by atoms with Crippen molar-refractivity contribution in [3.63, 3.8) is 0 Å². The van der Waals surface area contributed by atoms with Crippen LogP contribution in [0.5, 0.6) is 0 Å². The van der Waals surface area contributed by atoms with Crippen molar-refractivity contribution in [1.29, 1.82) is 0 Å². The van der Waals surface area contributed by atoms with Crippen LogP contribution in [0.1, 0.15) is 11.1 Å². The molecule has 0 atom stereocenters.